The molecule has 1 aromatic heterocycles. The summed E-state index contributed by atoms with van der Waals surface area (Å²) in [5.41, 5.74) is 5.79. The normalized spacial score (nSPS) is 23.9. The van der Waals surface area contributed by atoms with Crippen molar-refractivity contribution in [3.05, 3.63) is 17.4 Å². The molecule has 2 rings (SSSR count). The van der Waals surface area contributed by atoms with Crippen LogP contribution in [0.1, 0.15) is 25.7 Å². The molecule has 5 nitrogen and oxygen atoms in total. The van der Waals surface area contributed by atoms with E-state index in [1.54, 1.807) is 17.1 Å². The number of aryl methyl sites for hydroxylation is 1. The number of hydrogen-bond acceptors (Lipinski definition) is 3. The molecule has 0 saturated heterocycles. The molecule has 0 unspecified atom stereocenters. The van der Waals surface area contributed by atoms with Crippen LogP contribution in [-0.2, 0) is 11.3 Å². The number of carbonyl (C=O) groups is 1. The van der Waals surface area contributed by atoms with E-state index in [1.165, 1.54) is 0 Å². The highest BCUT2D eigenvalue weighted by Crippen LogP contribution is 2.17. The van der Waals surface area contributed by atoms with Gasteiger partial charge in [-0.1, -0.05) is 11.6 Å². The minimum Gasteiger partial charge on any atom is -0.353 e. The van der Waals surface area contributed by atoms with Crippen LogP contribution < -0.4 is 11.1 Å². The van der Waals surface area contributed by atoms with E-state index in [0.717, 1.165) is 19.3 Å². The fraction of sp³-hybridized carbons (Fsp3) is 0.636. The highest BCUT2D eigenvalue weighted by Gasteiger charge is 2.22. The average Bonchev–Trinajstić information content (AvgIpc) is 2.85. The first-order valence-corrected chi connectivity index (χ1v) is 6.24. The fourth-order valence-corrected chi connectivity index (χ4v) is 2.28. The monoisotopic (exact) mass is 256 g/mol. The number of amides is 1. The zero-order valence-electron chi connectivity index (χ0n) is 9.60. The molecule has 1 heterocycles. The van der Waals surface area contributed by atoms with Crippen LogP contribution in [0, 0.1) is 0 Å². The Morgan fingerprint density at radius 1 is 1.65 bits per heavy atom. The lowest BCUT2D eigenvalue weighted by atomic mass is 10.2. The van der Waals surface area contributed by atoms with Gasteiger partial charge >= 0.3 is 0 Å². The Labute approximate surface area is 105 Å². The highest BCUT2D eigenvalue weighted by atomic mass is 35.5. The van der Waals surface area contributed by atoms with E-state index in [0.29, 0.717) is 18.0 Å². The minimum atomic E-state index is 0.0516. The zero-order chi connectivity index (χ0) is 12.3. The van der Waals surface area contributed by atoms with E-state index in [1.807, 2.05) is 0 Å². The van der Waals surface area contributed by atoms with Crippen LogP contribution in [0.3, 0.4) is 0 Å². The number of halogens is 1. The summed E-state index contributed by atoms with van der Waals surface area (Å²) in [6, 6.07) is 0.490. The third-order valence-electron chi connectivity index (χ3n) is 3.01. The maximum atomic E-state index is 11.7. The molecule has 1 amide bonds. The molecule has 0 aliphatic heterocycles. The first-order valence-electron chi connectivity index (χ1n) is 5.86. The van der Waals surface area contributed by atoms with Gasteiger partial charge in [0.25, 0.3) is 0 Å². The summed E-state index contributed by atoms with van der Waals surface area (Å²) in [6.07, 6.45) is 6.57. The Balaban J connectivity index is 1.71. The van der Waals surface area contributed by atoms with E-state index in [4.69, 9.17) is 17.3 Å². The van der Waals surface area contributed by atoms with Crippen LogP contribution >= 0.6 is 11.6 Å². The summed E-state index contributed by atoms with van der Waals surface area (Å²) in [4.78, 5) is 11.7. The molecule has 94 valence electrons. The molecule has 0 bridgehead atoms. The molecular weight excluding hydrogens is 240 g/mol. The summed E-state index contributed by atoms with van der Waals surface area (Å²) in [5.74, 6) is 0.0516. The van der Waals surface area contributed by atoms with E-state index in [9.17, 15) is 4.79 Å². The van der Waals surface area contributed by atoms with Gasteiger partial charge in [-0.25, -0.2) is 0 Å². The summed E-state index contributed by atoms with van der Waals surface area (Å²) in [5, 5.41) is 7.60. The van der Waals surface area contributed by atoms with Crippen molar-refractivity contribution in [1.29, 1.82) is 0 Å². The van der Waals surface area contributed by atoms with Crippen molar-refractivity contribution in [1.82, 2.24) is 15.1 Å². The van der Waals surface area contributed by atoms with Crippen LogP contribution in [0.15, 0.2) is 12.4 Å². The first kappa shape index (κ1) is 12.4. The lowest BCUT2D eigenvalue weighted by Gasteiger charge is -2.12. The predicted molar refractivity (Wildman–Crippen MR) is 65.6 cm³/mol. The number of nitrogens with two attached hydrogens (primary N) is 1. The second-order valence-corrected chi connectivity index (χ2v) is 4.95. The lowest BCUT2D eigenvalue weighted by Crippen LogP contribution is -2.34. The third-order valence-corrected chi connectivity index (χ3v) is 3.20. The quantitative estimate of drug-likeness (QED) is 0.842. The molecule has 17 heavy (non-hydrogen) atoms. The second-order valence-electron chi connectivity index (χ2n) is 4.51. The van der Waals surface area contributed by atoms with Crippen LogP contribution in [0.5, 0.6) is 0 Å². The molecule has 1 aliphatic rings. The van der Waals surface area contributed by atoms with Gasteiger partial charge in [-0.3, -0.25) is 9.48 Å². The molecule has 0 radical (unpaired) electrons. The summed E-state index contributed by atoms with van der Waals surface area (Å²) in [7, 11) is 0. The highest BCUT2D eigenvalue weighted by molar-refractivity contribution is 6.30. The Kier molecular flexibility index (Phi) is 4.02. The number of carbonyl (C=O) groups excluding carboxylic acids is 1. The van der Waals surface area contributed by atoms with Crippen LogP contribution in [0.2, 0.25) is 5.02 Å². The fourth-order valence-electron chi connectivity index (χ4n) is 2.12. The van der Waals surface area contributed by atoms with E-state index < -0.39 is 0 Å². The standard InChI is InChI=1S/C11H17ClN4O/c12-8-6-14-16(7-8)4-3-11(17)15-10-2-1-9(13)5-10/h6-7,9-10H,1-5,13H2,(H,15,17)/t9-,10-/m0/s1. The molecule has 3 N–H and O–H groups in total. The SMILES string of the molecule is N[C@H]1CC[C@H](NC(=O)CCn2cc(Cl)cn2)C1. The van der Waals surface area contributed by atoms with E-state index in [-0.39, 0.29) is 18.0 Å². The van der Waals surface area contributed by atoms with Gasteiger partial charge < -0.3 is 11.1 Å². The van der Waals surface area contributed by atoms with Gasteiger partial charge in [0.1, 0.15) is 0 Å². The largest absolute Gasteiger partial charge is 0.353 e. The van der Waals surface area contributed by atoms with Gasteiger partial charge in [0, 0.05) is 31.2 Å². The molecular formula is C11H17ClN4O. The van der Waals surface area contributed by atoms with Gasteiger partial charge in [0.05, 0.1) is 11.2 Å². The molecule has 6 heteroatoms. The summed E-state index contributed by atoms with van der Waals surface area (Å²) in [6.45, 7) is 0.553. The van der Waals surface area contributed by atoms with Gasteiger partial charge in [0.2, 0.25) is 5.91 Å². The van der Waals surface area contributed by atoms with Crippen molar-refractivity contribution in [2.75, 3.05) is 0 Å². The number of nitrogens with zero attached hydrogens (tertiary/aromatic N) is 2. The van der Waals surface area contributed by atoms with Crippen molar-refractivity contribution >= 4 is 17.5 Å². The predicted octanol–water partition coefficient (Wildman–Crippen LogP) is 0.923. The van der Waals surface area contributed by atoms with E-state index >= 15 is 0 Å². The first-order chi connectivity index (χ1) is 8.13. The maximum Gasteiger partial charge on any atom is 0.222 e. The van der Waals surface area contributed by atoms with Crippen LogP contribution in [0.4, 0.5) is 0 Å². The Morgan fingerprint density at radius 2 is 2.47 bits per heavy atom. The van der Waals surface area contributed by atoms with Gasteiger partial charge in [-0.05, 0) is 19.3 Å². The average molecular weight is 257 g/mol. The van der Waals surface area contributed by atoms with Crippen molar-refractivity contribution in [3.8, 4) is 0 Å². The Morgan fingerprint density at radius 3 is 3.06 bits per heavy atom. The second kappa shape index (κ2) is 5.51. The van der Waals surface area contributed by atoms with Crippen molar-refractivity contribution in [2.24, 2.45) is 5.73 Å². The third kappa shape index (κ3) is 3.71. The smallest absolute Gasteiger partial charge is 0.222 e. The number of rotatable bonds is 4. The Hall–Kier alpha value is -1.07. The minimum absolute atomic E-state index is 0.0516. The summed E-state index contributed by atoms with van der Waals surface area (Å²) < 4.78 is 1.67. The van der Waals surface area contributed by atoms with Crippen molar-refractivity contribution in [3.63, 3.8) is 0 Å². The topological polar surface area (TPSA) is 72.9 Å². The molecule has 1 fully saturated rings. The number of nitrogens with one attached hydrogen (secondary N) is 1. The Bertz CT molecular complexity index is 393. The van der Waals surface area contributed by atoms with Crippen LogP contribution in [0.25, 0.3) is 0 Å². The van der Waals surface area contributed by atoms with Gasteiger partial charge in [-0.15, -0.1) is 0 Å². The zero-order valence-corrected chi connectivity index (χ0v) is 10.4. The van der Waals surface area contributed by atoms with Crippen molar-refractivity contribution in [2.45, 2.75) is 44.3 Å². The van der Waals surface area contributed by atoms with Gasteiger partial charge in [-0.2, -0.15) is 5.10 Å². The van der Waals surface area contributed by atoms with E-state index in [2.05, 4.69) is 10.4 Å². The molecule has 0 aromatic carbocycles. The molecule has 1 aromatic rings. The van der Waals surface area contributed by atoms with Gasteiger partial charge in [0.15, 0.2) is 0 Å². The molecule has 1 aliphatic carbocycles. The molecule has 2 atom stereocenters. The van der Waals surface area contributed by atoms with Crippen LogP contribution in [-0.4, -0.2) is 27.8 Å². The lowest BCUT2D eigenvalue weighted by molar-refractivity contribution is -0.122. The molecule has 0 spiro atoms. The van der Waals surface area contributed by atoms with Crippen molar-refractivity contribution < 1.29 is 4.79 Å². The summed E-state index contributed by atoms with van der Waals surface area (Å²) >= 11 is 5.73. The number of hydrogen-bond donors (Lipinski definition) is 2. The maximum absolute atomic E-state index is 11.7. The number of aromatic nitrogens is 2. The molecule has 1 saturated carbocycles.